The van der Waals surface area contributed by atoms with Crippen LogP contribution in [0.25, 0.3) is 0 Å². The van der Waals surface area contributed by atoms with Gasteiger partial charge in [-0.1, -0.05) is 53.4 Å². The molecule has 0 aromatic heterocycles. The molecule has 0 radical (unpaired) electrons. The average molecular weight is 357 g/mol. The summed E-state index contributed by atoms with van der Waals surface area (Å²) in [6.07, 6.45) is 8.43. The third-order valence-electron chi connectivity index (χ3n) is 3.77. The SMILES string of the molecule is CCCC.CCCCc1cc(CO[P+](=O)O)cc(CCCC)c1O. The molecule has 0 fully saturated rings. The summed E-state index contributed by atoms with van der Waals surface area (Å²) in [5.41, 5.74) is 2.66. The Balaban J connectivity index is 0.00000118. The maximum absolute atomic E-state index is 10.6. The summed E-state index contributed by atoms with van der Waals surface area (Å²) in [6, 6.07) is 3.75. The summed E-state index contributed by atoms with van der Waals surface area (Å²) < 4.78 is 15.4. The van der Waals surface area contributed by atoms with Gasteiger partial charge in [0.25, 0.3) is 0 Å². The van der Waals surface area contributed by atoms with Crippen molar-refractivity contribution in [3.8, 4) is 5.75 Å². The van der Waals surface area contributed by atoms with E-state index >= 15 is 0 Å². The molecule has 5 heteroatoms. The third kappa shape index (κ3) is 10.0. The summed E-state index contributed by atoms with van der Waals surface area (Å²) >= 11 is 0. The Morgan fingerprint density at radius 3 is 1.71 bits per heavy atom. The van der Waals surface area contributed by atoms with Crippen molar-refractivity contribution in [1.29, 1.82) is 0 Å². The fraction of sp³-hybridized carbons (Fsp3) is 0.684. The monoisotopic (exact) mass is 357 g/mol. The van der Waals surface area contributed by atoms with E-state index in [9.17, 15) is 9.67 Å². The van der Waals surface area contributed by atoms with Crippen LogP contribution in [-0.2, 0) is 28.5 Å². The fourth-order valence-electron chi connectivity index (χ4n) is 2.16. The van der Waals surface area contributed by atoms with E-state index in [1.165, 1.54) is 12.8 Å². The van der Waals surface area contributed by atoms with Crippen LogP contribution in [-0.4, -0.2) is 10.00 Å². The van der Waals surface area contributed by atoms with Crippen LogP contribution in [0.3, 0.4) is 0 Å². The van der Waals surface area contributed by atoms with Crippen LogP contribution < -0.4 is 0 Å². The predicted octanol–water partition coefficient (Wildman–Crippen LogP) is 6.05. The van der Waals surface area contributed by atoms with Gasteiger partial charge in [-0.2, -0.15) is 0 Å². The molecular formula is C19H34O4P+. The summed E-state index contributed by atoms with van der Waals surface area (Å²) in [7, 11) is -2.59. The maximum atomic E-state index is 10.6. The number of phenolic OH excluding ortho intramolecular Hbond substituents is 1. The van der Waals surface area contributed by atoms with Gasteiger partial charge in [0.1, 0.15) is 12.4 Å². The van der Waals surface area contributed by atoms with Gasteiger partial charge in [0.15, 0.2) is 0 Å². The molecule has 1 atom stereocenters. The molecule has 1 aromatic carbocycles. The minimum Gasteiger partial charge on any atom is -0.507 e. The van der Waals surface area contributed by atoms with E-state index in [2.05, 4.69) is 27.7 Å². The highest BCUT2D eigenvalue weighted by Gasteiger charge is 2.15. The van der Waals surface area contributed by atoms with Gasteiger partial charge >= 0.3 is 8.25 Å². The van der Waals surface area contributed by atoms with Crippen molar-refractivity contribution in [3.05, 3.63) is 28.8 Å². The lowest BCUT2D eigenvalue weighted by atomic mass is 9.97. The second-order valence-electron chi connectivity index (χ2n) is 5.98. The predicted molar refractivity (Wildman–Crippen MR) is 101 cm³/mol. The van der Waals surface area contributed by atoms with Gasteiger partial charge in [0.05, 0.1) is 0 Å². The second-order valence-corrected chi connectivity index (χ2v) is 6.71. The average Bonchev–Trinajstić information content (AvgIpc) is 2.58. The summed E-state index contributed by atoms with van der Waals surface area (Å²) in [5.74, 6) is 0.379. The highest BCUT2D eigenvalue weighted by molar-refractivity contribution is 7.32. The van der Waals surface area contributed by atoms with Crippen LogP contribution in [0.15, 0.2) is 12.1 Å². The molecule has 0 saturated heterocycles. The Morgan fingerprint density at radius 2 is 1.38 bits per heavy atom. The van der Waals surface area contributed by atoms with Crippen LogP contribution in [0, 0.1) is 0 Å². The first-order valence-corrected chi connectivity index (χ1v) is 10.3. The van der Waals surface area contributed by atoms with E-state index in [4.69, 9.17) is 9.42 Å². The van der Waals surface area contributed by atoms with Gasteiger partial charge in [0, 0.05) is 4.57 Å². The van der Waals surface area contributed by atoms with E-state index in [1.807, 2.05) is 12.1 Å². The van der Waals surface area contributed by atoms with Crippen LogP contribution >= 0.6 is 8.25 Å². The Labute approximate surface area is 148 Å². The van der Waals surface area contributed by atoms with Gasteiger partial charge < -0.3 is 5.11 Å². The van der Waals surface area contributed by atoms with Crippen LogP contribution in [0.5, 0.6) is 5.75 Å². The van der Waals surface area contributed by atoms with Crippen molar-refractivity contribution in [2.75, 3.05) is 0 Å². The van der Waals surface area contributed by atoms with Crippen molar-refractivity contribution < 1.29 is 19.1 Å². The normalized spacial score (nSPS) is 11.0. The first-order valence-electron chi connectivity index (χ1n) is 9.12. The number of phenols is 1. The molecule has 0 aliphatic carbocycles. The van der Waals surface area contributed by atoms with Crippen molar-refractivity contribution >= 4 is 8.25 Å². The topological polar surface area (TPSA) is 66.8 Å². The molecule has 1 aromatic rings. The smallest absolute Gasteiger partial charge is 0.507 e. The number of aromatic hydroxyl groups is 1. The van der Waals surface area contributed by atoms with Gasteiger partial charge in [-0.3, -0.25) is 0 Å². The first kappa shape index (κ1) is 23.0. The first-order chi connectivity index (χ1) is 11.5. The molecule has 0 aliphatic rings. The zero-order valence-corrected chi connectivity index (χ0v) is 16.6. The van der Waals surface area contributed by atoms with Gasteiger partial charge in [0.2, 0.25) is 0 Å². The zero-order chi connectivity index (χ0) is 18.4. The molecule has 0 heterocycles. The number of aryl methyl sites for hydroxylation is 2. The quantitative estimate of drug-likeness (QED) is 0.500. The molecular weight excluding hydrogens is 323 g/mol. The maximum Gasteiger partial charge on any atom is 0.695 e. The standard InChI is InChI=1S/C15H23O4P.C4H10/c1-3-5-7-13-9-12(11-19-20(17)18)10-14(15(13)16)8-6-4-2;1-3-4-2/h9-10H,3-8,11H2,1-2H3,(H-,16,17,18);3-4H2,1-2H3/p+1. The lowest BCUT2D eigenvalue weighted by Crippen LogP contribution is -1.97. The number of hydrogen-bond acceptors (Lipinski definition) is 3. The highest BCUT2D eigenvalue weighted by Crippen LogP contribution is 2.29. The molecule has 2 N–H and O–H groups in total. The lowest BCUT2D eigenvalue weighted by molar-refractivity contribution is 0.272. The van der Waals surface area contributed by atoms with Gasteiger partial charge in [-0.25, -0.2) is 0 Å². The third-order valence-corrected chi connectivity index (χ3v) is 4.12. The largest absolute Gasteiger partial charge is 0.695 e. The molecule has 0 bridgehead atoms. The summed E-state index contributed by atoms with van der Waals surface area (Å²) in [5, 5.41) is 10.3. The molecule has 0 aliphatic heterocycles. The molecule has 0 amide bonds. The molecule has 24 heavy (non-hydrogen) atoms. The van der Waals surface area contributed by atoms with Crippen LogP contribution in [0.4, 0.5) is 0 Å². The van der Waals surface area contributed by atoms with E-state index < -0.39 is 8.25 Å². The number of unbranched alkanes of at least 4 members (excludes halogenated alkanes) is 3. The molecule has 1 rings (SSSR count). The molecule has 1 unspecified atom stereocenters. The minimum atomic E-state index is -2.59. The van der Waals surface area contributed by atoms with Gasteiger partial charge in [-0.05, 0) is 54.5 Å². The number of rotatable bonds is 10. The number of hydrogen-bond donors (Lipinski definition) is 2. The Bertz CT molecular complexity index is 443. The fourth-order valence-corrected chi connectivity index (χ4v) is 2.42. The van der Waals surface area contributed by atoms with Gasteiger partial charge in [-0.15, -0.1) is 9.42 Å². The van der Waals surface area contributed by atoms with Crippen LogP contribution in [0.1, 0.15) is 82.9 Å². The Hall–Kier alpha value is -0.960. The number of benzene rings is 1. The second kappa shape index (κ2) is 14.4. The molecule has 0 spiro atoms. The van der Waals surface area contributed by atoms with Crippen molar-refractivity contribution in [2.45, 2.75) is 85.7 Å². The molecule has 4 nitrogen and oxygen atoms in total. The van der Waals surface area contributed by atoms with E-state index in [0.29, 0.717) is 5.75 Å². The highest BCUT2D eigenvalue weighted by atomic mass is 31.1. The van der Waals surface area contributed by atoms with E-state index in [-0.39, 0.29) is 6.61 Å². The van der Waals surface area contributed by atoms with Crippen molar-refractivity contribution in [2.24, 2.45) is 0 Å². The van der Waals surface area contributed by atoms with E-state index in [1.54, 1.807) is 0 Å². The zero-order valence-electron chi connectivity index (χ0n) is 15.7. The Morgan fingerprint density at radius 1 is 0.917 bits per heavy atom. The lowest BCUT2D eigenvalue weighted by Gasteiger charge is -2.12. The van der Waals surface area contributed by atoms with Crippen molar-refractivity contribution in [1.82, 2.24) is 0 Å². The van der Waals surface area contributed by atoms with Crippen LogP contribution in [0.2, 0.25) is 0 Å². The summed E-state index contributed by atoms with van der Waals surface area (Å²) in [4.78, 5) is 8.73. The molecule has 138 valence electrons. The Kier molecular flexibility index (Phi) is 13.8. The van der Waals surface area contributed by atoms with E-state index in [0.717, 1.165) is 55.2 Å². The van der Waals surface area contributed by atoms with Crippen molar-refractivity contribution in [3.63, 3.8) is 0 Å². The minimum absolute atomic E-state index is 0.101. The summed E-state index contributed by atoms with van der Waals surface area (Å²) in [6.45, 7) is 8.68. The molecule has 0 saturated carbocycles.